The number of halogens is 2. The highest BCUT2D eigenvalue weighted by Crippen LogP contribution is 2.31. The van der Waals surface area contributed by atoms with Gasteiger partial charge in [0.25, 0.3) is 0 Å². The molecule has 1 aromatic heterocycles. The number of hydrogen-bond acceptors (Lipinski definition) is 1. The molecule has 0 saturated carbocycles. The molecule has 0 fully saturated rings. The first-order chi connectivity index (χ1) is 8.70. The Hall–Kier alpha value is -1.77. The summed E-state index contributed by atoms with van der Waals surface area (Å²) < 4.78 is 27.6. The van der Waals surface area contributed by atoms with Crippen molar-refractivity contribution in [2.24, 2.45) is 0 Å². The number of hydrogen-bond donors (Lipinski definition) is 0. The second-order valence-electron chi connectivity index (χ2n) is 4.27. The Bertz CT molecular complexity index is 515. The highest BCUT2D eigenvalue weighted by Gasteiger charge is 2.19. The zero-order valence-corrected chi connectivity index (χ0v) is 10.2. The molecule has 2 rings (SSSR count). The van der Waals surface area contributed by atoms with Gasteiger partial charge in [0.05, 0.1) is 5.69 Å². The molecule has 0 saturated heterocycles. The third-order valence-electron chi connectivity index (χ3n) is 3.02. The average Bonchev–Trinajstić information content (AvgIpc) is 2.34. The van der Waals surface area contributed by atoms with Crippen molar-refractivity contribution < 1.29 is 8.78 Å². The monoisotopic (exact) mass is 247 g/mol. The molecule has 0 spiro atoms. The fraction of sp³-hybridized carbons (Fsp3) is 0.267. The Morgan fingerprint density at radius 3 is 2.89 bits per heavy atom. The number of nitrogens with zero attached hydrogens (tertiary/aromatic N) is 1. The lowest BCUT2D eigenvalue weighted by molar-refractivity contribution is 0.575. The Morgan fingerprint density at radius 1 is 1.28 bits per heavy atom. The molecule has 1 unspecified atom stereocenters. The lowest BCUT2D eigenvalue weighted by Crippen LogP contribution is -2.05. The zero-order valence-electron chi connectivity index (χ0n) is 10.2. The van der Waals surface area contributed by atoms with E-state index in [9.17, 15) is 8.78 Å². The molecule has 0 N–H and O–H groups in total. The summed E-state index contributed by atoms with van der Waals surface area (Å²) in [6.45, 7) is 1.77. The van der Waals surface area contributed by atoms with Crippen molar-refractivity contribution in [3.63, 3.8) is 0 Å². The van der Waals surface area contributed by atoms with E-state index in [1.165, 1.54) is 24.4 Å². The zero-order chi connectivity index (χ0) is 13.0. The van der Waals surface area contributed by atoms with Crippen LogP contribution in [0.2, 0.25) is 0 Å². The molecule has 18 heavy (non-hydrogen) atoms. The highest BCUT2D eigenvalue weighted by atomic mass is 19.1. The van der Waals surface area contributed by atoms with Gasteiger partial charge in [-0.05, 0) is 36.6 Å². The van der Waals surface area contributed by atoms with Gasteiger partial charge in [-0.25, -0.2) is 8.78 Å². The first-order valence-electron chi connectivity index (χ1n) is 6.03. The minimum Gasteiger partial charge on any atom is -0.258 e. The normalized spacial score (nSPS) is 19.3. The van der Waals surface area contributed by atoms with Crippen LogP contribution in [0, 0.1) is 5.82 Å². The molecule has 0 aromatic carbocycles. The van der Waals surface area contributed by atoms with E-state index in [1.54, 1.807) is 13.0 Å². The quantitative estimate of drug-likeness (QED) is 0.752. The molecule has 0 radical (unpaired) electrons. The van der Waals surface area contributed by atoms with E-state index in [4.69, 9.17) is 0 Å². The molecule has 1 atom stereocenters. The van der Waals surface area contributed by atoms with E-state index in [-0.39, 0.29) is 17.4 Å². The van der Waals surface area contributed by atoms with Crippen LogP contribution in [0.25, 0.3) is 0 Å². The molecule has 1 aliphatic carbocycles. The Balaban J connectivity index is 2.36. The third kappa shape index (κ3) is 2.73. The number of pyridine rings is 1. The van der Waals surface area contributed by atoms with Gasteiger partial charge < -0.3 is 0 Å². The lowest BCUT2D eigenvalue weighted by Gasteiger charge is -2.15. The SMILES string of the molecule is CC(C1=CCC/C=C/C=C1F)c1ncccc1F. The molecule has 0 amide bonds. The second kappa shape index (κ2) is 5.71. The summed E-state index contributed by atoms with van der Waals surface area (Å²) in [7, 11) is 0. The summed E-state index contributed by atoms with van der Waals surface area (Å²) in [5, 5.41) is 0. The maximum Gasteiger partial charge on any atom is 0.145 e. The first kappa shape index (κ1) is 12.7. The number of allylic oxidation sites excluding steroid dienone is 6. The molecular weight excluding hydrogens is 232 g/mol. The van der Waals surface area contributed by atoms with Gasteiger partial charge in [-0.3, -0.25) is 4.98 Å². The average molecular weight is 247 g/mol. The Labute approximate surface area is 106 Å². The molecule has 0 aliphatic heterocycles. The number of aromatic nitrogens is 1. The predicted octanol–water partition coefficient (Wildman–Crippen LogP) is 4.45. The van der Waals surface area contributed by atoms with Crippen LogP contribution in [0.1, 0.15) is 31.4 Å². The summed E-state index contributed by atoms with van der Waals surface area (Å²) in [6, 6.07) is 2.89. The molecule has 1 aliphatic rings. The van der Waals surface area contributed by atoms with Crippen LogP contribution in [0.4, 0.5) is 8.78 Å². The standard InChI is InChI=1S/C15H15F2N/c1-11(15-14(17)9-6-10-18-15)12-7-4-2-3-5-8-13(12)16/h3,5-11H,2,4H2,1H3/b5-3+,12-7?,13-8?. The van der Waals surface area contributed by atoms with E-state index in [0.29, 0.717) is 5.57 Å². The van der Waals surface area contributed by atoms with E-state index >= 15 is 0 Å². The van der Waals surface area contributed by atoms with Crippen LogP contribution in [0.3, 0.4) is 0 Å². The maximum atomic E-state index is 13.9. The molecule has 0 bridgehead atoms. The van der Waals surface area contributed by atoms with Crippen molar-refractivity contribution in [3.05, 3.63) is 65.5 Å². The summed E-state index contributed by atoms with van der Waals surface area (Å²) in [4.78, 5) is 4.01. The second-order valence-corrected chi connectivity index (χ2v) is 4.27. The summed E-state index contributed by atoms with van der Waals surface area (Å²) in [6.07, 6.45) is 10.0. The van der Waals surface area contributed by atoms with Crippen LogP contribution >= 0.6 is 0 Å². The molecular formula is C15H15F2N. The van der Waals surface area contributed by atoms with Crippen LogP contribution in [0.15, 0.2) is 54.0 Å². The molecule has 1 aromatic rings. The van der Waals surface area contributed by atoms with Gasteiger partial charge in [-0.1, -0.05) is 25.2 Å². The maximum absolute atomic E-state index is 13.9. The van der Waals surface area contributed by atoms with Crippen molar-refractivity contribution in [2.45, 2.75) is 25.7 Å². The fourth-order valence-electron chi connectivity index (χ4n) is 2.02. The van der Waals surface area contributed by atoms with Gasteiger partial charge in [0.1, 0.15) is 11.6 Å². The summed E-state index contributed by atoms with van der Waals surface area (Å²) in [5.74, 6) is -1.09. The van der Waals surface area contributed by atoms with E-state index < -0.39 is 5.82 Å². The predicted molar refractivity (Wildman–Crippen MR) is 68.3 cm³/mol. The Kier molecular flexibility index (Phi) is 4.03. The molecule has 1 heterocycles. The van der Waals surface area contributed by atoms with Crippen molar-refractivity contribution in [3.8, 4) is 0 Å². The summed E-state index contributed by atoms with van der Waals surface area (Å²) >= 11 is 0. The van der Waals surface area contributed by atoms with Gasteiger partial charge >= 0.3 is 0 Å². The van der Waals surface area contributed by atoms with Crippen molar-refractivity contribution in [1.82, 2.24) is 4.98 Å². The van der Waals surface area contributed by atoms with E-state index in [1.807, 2.05) is 12.2 Å². The minimum absolute atomic E-state index is 0.289. The van der Waals surface area contributed by atoms with Crippen molar-refractivity contribution in [1.29, 1.82) is 0 Å². The Morgan fingerprint density at radius 2 is 2.11 bits per heavy atom. The third-order valence-corrected chi connectivity index (χ3v) is 3.02. The molecule has 1 nitrogen and oxygen atoms in total. The smallest absolute Gasteiger partial charge is 0.145 e. The van der Waals surface area contributed by atoms with Crippen LogP contribution in [-0.4, -0.2) is 4.98 Å². The van der Waals surface area contributed by atoms with Crippen LogP contribution in [0.5, 0.6) is 0 Å². The largest absolute Gasteiger partial charge is 0.258 e. The van der Waals surface area contributed by atoms with Gasteiger partial charge in [0.15, 0.2) is 0 Å². The van der Waals surface area contributed by atoms with Gasteiger partial charge in [0.2, 0.25) is 0 Å². The fourth-order valence-corrected chi connectivity index (χ4v) is 2.02. The van der Waals surface area contributed by atoms with Gasteiger partial charge in [-0.2, -0.15) is 0 Å². The van der Waals surface area contributed by atoms with Gasteiger partial charge in [-0.15, -0.1) is 0 Å². The minimum atomic E-state index is -0.392. The van der Waals surface area contributed by atoms with E-state index in [0.717, 1.165) is 12.8 Å². The first-order valence-corrected chi connectivity index (χ1v) is 6.03. The number of rotatable bonds is 2. The van der Waals surface area contributed by atoms with Crippen molar-refractivity contribution >= 4 is 0 Å². The van der Waals surface area contributed by atoms with Crippen LogP contribution in [-0.2, 0) is 0 Å². The topological polar surface area (TPSA) is 12.9 Å². The van der Waals surface area contributed by atoms with Crippen LogP contribution < -0.4 is 0 Å². The lowest BCUT2D eigenvalue weighted by atomic mass is 9.93. The van der Waals surface area contributed by atoms with Gasteiger partial charge in [0, 0.05) is 12.1 Å². The summed E-state index contributed by atoms with van der Waals surface area (Å²) in [5.41, 5.74) is 0.800. The highest BCUT2D eigenvalue weighted by molar-refractivity contribution is 5.37. The van der Waals surface area contributed by atoms with E-state index in [2.05, 4.69) is 4.98 Å². The molecule has 94 valence electrons. The van der Waals surface area contributed by atoms with Crippen molar-refractivity contribution in [2.75, 3.05) is 0 Å². The molecule has 3 heteroatoms.